The molecule has 0 bridgehead atoms. The summed E-state index contributed by atoms with van der Waals surface area (Å²) in [5.74, 6) is 0.485. The van der Waals surface area contributed by atoms with Crippen molar-refractivity contribution >= 4 is 16.9 Å². The maximum absolute atomic E-state index is 12.4. The molecule has 1 unspecified atom stereocenters. The smallest absolute Gasteiger partial charge is 0.251 e. The molecule has 1 amide bonds. The van der Waals surface area contributed by atoms with E-state index in [1.807, 2.05) is 49.7 Å². The number of amides is 1. The van der Waals surface area contributed by atoms with E-state index in [-0.39, 0.29) is 11.7 Å². The highest BCUT2D eigenvalue weighted by Crippen LogP contribution is 2.34. The molecule has 0 aliphatic rings. The van der Waals surface area contributed by atoms with E-state index >= 15 is 0 Å². The van der Waals surface area contributed by atoms with Gasteiger partial charge >= 0.3 is 0 Å². The highest BCUT2D eigenvalue weighted by Gasteiger charge is 2.22. The van der Waals surface area contributed by atoms with Crippen LogP contribution < -0.4 is 5.32 Å². The Morgan fingerprint density at radius 1 is 1.30 bits per heavy atom. The van der Waals surface area contributed by atoms with Crippen LogP contribution >= 0.6 is 0 Å². The van der Waals surface area contributed by atoms with Crippen molar-refractivity contribution in [3.05, 3.63) is 58.4 Å². The molecular weight excluding hydrogens is 342 g/mol. The summed E-state index contributed by atoms with van der Waals surface area (Å²) < 4.78 is 1.84. The monoisotopic (exact) mass is 367 g/mol. The predicted molar refractivity (Wildman–Crippen MR) is 105 cm³/mol. The molecule has 0 spiro atoms. The number of aryl methyl sites for hydroxylation is 3. The van der Waals surface area contributed by atoms with Crippen LogP contribution in [0.2, 0.25) is 0 Å². The van der Waals surface area contributed by atoms with Gasteiger partial charge in [0.05, 0.1) is 11.6 Å². The molecule has 0 saturated heterocycles. The number of carbonyl (C=O) groups excluding carboxylic acids is 1. The first-order valence-electron chi connectivity index (χ1n) is 8.98. The fourth-order valence-electron chi connectivity index (χ4n) is 3.45. The maximum atomic E-state index is 12.4. The van der Waals surface area contributed by atoms with E-state index in [4.69, 9.17) is 0 Å². The van der Waals surface area contributed by atoms with Crippen LogP contribution in [0.5, 0.6) is 5.75 Å². The summed E-state index contributed by atoms with van der Waals surface area (Å²) >= 11 is 0. The van der Waals surface area contributed by atoms with E-state index in [1.54, 1.807) is 13.1 Å². The van der Waals surface area contributed by atoms with Crippen molar-refractivity contribution in [1.82, 2.24) is 14.9 Å². The summed E-state index contributed by atoms with van der Waals surface area (Å²) in [6, 6.07) is 9.42. The molecule has 0 fully saturated rings. The number of imidazole rings is 1. The summed E-state index contributed by atoms with van der Waals surface area (Å²) in [4.78, 5) is 16.8. The Morgan fingerprint density at radius 3 is 2.67 bits per heavy atom. The minimum atomic E-state index is -0.677. The van der Waals surface area contributed by atoms with E-state index in [0.29, 0.717) is 35.0 Å². The van der Waals surface area contributed by atoms with Gasteiger partial charge in [0, 0.05) is 25.2 Å². The number of aromatic hydroxyl groups is 1. The van der Waals surface area contributed by atoms with Crippen molar-refractivity contribution in [1.29, 1.82) is 0 Å². The normalized spacial score (nSPS) is 12.3. The molecule has 1 heterocycles. The number of aromatic nitrogens is 2. The minimum Gasteiger partial charge on any atom is -0.505 e. The van der Waals surface area contributed by atoms with E-state index in [0.717, 1.165) is 17.0 Å². The average molecular weight is 367 g/mol. The molecule has 27 heavy (non-hydrogen) atoms. The number of benzene rings is 2. The van der Waals surface area contributed by atoms with Gasteiger partial charge in [0.1, 0.15) is 17.1 Å². The summed E-state index contributed by atoms with van der Waals surface area (Å²) in [7, 11) is 3.41. The Hall–Kier alpha value is -2.86. The molecule has 0 saturated carbocycles. The SMILES string of the molecule is CNC(=O)c1cc2c(nc(C)n2C)c(O)c1CCC(O)c1ccccc1C. The van der Waals surface area contributed by atoms with Gasteiger partial charge in [0.2, 0.25) is 0 Å². The summed E-state index contributed by atoms with van der Waals surface area (Å²) in [5.41, 5.74) is 3.95. The first kappa shape index (κ1) is 18.9. The molecule has 6 nitrogen and oxygen atoms in total. The third kappa shape index (κ3) is 3.40. The van der Waals surface area contributed by atoms with Crippen molar-refractivity contribution in [3.8, 4) is 5.75 Å². The second kappa shape index (κ2) is 7.40. The van der Waals surface area contributed by atoms with Crippen molar-refractivity contribution < 1.29 is 15.0 Å². The fraction of sp³-hybridized carbons (Fsp3) is 0.333. The molecule has 0 aliphatic carbocycles. The molecule has 3 rings (SSSR count). The standard InChI is InChI=1S/C21H25N3O3/c1-12-7-5-6-8-14(12)18(25)10-9-15-16(21(27)22-3)11-17-19(20(15)26)23-13(2)24(17)4/h5-8,11,18,25-26H,9-10H2,1-4H3,(H,22,27). The number of phenolic OH excluding ortho intramolecular Hbond substituents is 1. The van der Waals surface area contributed by atoms with Gasteiger partial charge in [-0.2, -0.15) is 0 Å². The third-order valence-corrected chi connectivity index (χ3v) is 5.17. The second-order valence-corrected chi connectivity index (χ2v) is 6.83. The third-order valence-electron chi connectivity index (χ3n) is 5.17. The van der Waals surface area contributed by atoms with Gasteiger partial charge in [-0.25, -0.2) is 4.98 Å². The highest BCUT2D eigenvalue weighted by molar-refractivity contribution is 6.01. The minimum absolute atomic E-state index is 0.00628. The summed E-state index contributed by atoms with van der Waals surface area (Å²) in [5, 5.41) is 24.0. The van der Waals surface area contributed by atoms with Gasteiger partial charge in [0.15, 0.2) is 0 Å². The van der Waals surface area contributed by atoms with Crippen LogP contribution in [0.15, 0.2) is 30.3 Å². The zero-order chi connectivity index (χ0) is 19.7. The fourth-order valence-corrected chi connectivity index (χ4v) is 3.45. The molecule has 1 atom stereocenters. The van der Waals surface area contributed by atoms with Gasteiger partial charge in [-0.15, -0.1) is 0 Å². The topological polar surface area (TPSA) is 87.4 Å². The number of rotatable bonds is 5. The Labute approximate surface area is 158 Å². The van der Waals surface area contributed by atoms with Crippen LogP contribution in [-0.2, 0) is 13.5 Å². The lowest BCUT2D eigenvalue weighted by atomic mass is 9.94. The Bertz CT molecular complexity index is 1010. The van der Waals surface area contributed by atoms with Gasteiger partial charge in [-0.1, -0.05) is 24.3 Å². The van der Waals surface area contributed by atoms with E-state index in [2.05, 4.69) is 10.3 Å². The largest absolute Gasteiger partial charge is 0.505 e. The van der Waals surface area contributed by atoms with Crippen molar-refractivity contribution in [2.75, 3.05) is 7.05 Å². The number of hydrogen-bond acceptors (Lipinski definition) is 4. The quantitative estimate of drug-likeness (QED) is 0.647. The van der Waals surface area contributed by atoms with Crippen molar-refractivity contribution in [2.45, 2.75) is 32.8 Å². The van der Waals surface area contributed by atoms with E-state index < -0.39 is 6.10 Å². The Morgan fingerprint density at radius 2 is 2.00 bits per heavy atom. The lowest BCUT2D eigenvalue weighted by molar-refractivity contribution is 0.0961. The maximum Gasteiger partial charge on any atom is 0.251 e. The number of hydrogen-bond donors (Lipinski definition) is 3. The van der Waals surface area contributed by atoms with E-state index in [9.17, 15) is 15.0 Å². The number of aliphatic hydroxyl groups excluding tert-OH is 1. The van der Waals surface area contributed by atoms with Gasteiger partial charge in [-0.05, 0) is 43.9 Å². The van der Waals surface area contributed by atoms with Crippen LogP contribution in [0.3, 0.4) is 0 Å². The van der Waals surface area contributed by atoms with Crippen LogP contribution in [0.1, 0.15) is 45.4 Å². The predicted octanol–water partition coefficient (Wildman–Crippen LogP) is 2.92. The van der Waals surface area contributed by atoms with Crippen LogP contribution in [0.25, 0.3) is 11.0 Å². The Balaban J connectivity index is 2.01. The first-order valence-corrected chi connectivity index (χ1v) is 8.98. The van der Waals surface area contributed by atoms with Crippen LogP contribution in [0, 0.1) is 13.8 Å². The lowest BCUT2D eigenvalue weighted by Crippen LogP contribution is -2.20. The second-order valence-electron chi connectivity index (χ2n) is 6.83. The summed E-state index contributed by atoms with van der Waals surface area (Å²) in [6.45, 7) is 3.80. The van der Waals surface area contributed by atoms with Crippen LogP contribution in [0.4, 0.5) is 0 Å². The average Bonchev–Trinajstić information content (AvgIpc) is 2.95. The van der Waals surface area contributed by atoms with Crippen molar-refractivity contribution in [3.63, 3.8) is 0 Å². The number of nitrogens with zero attached hydrogens (tertiary/aromatic N) is 2. The molecule has 3 N–H and O–H groups in total. The molecule has 142 valence electrons. The van der Waals surface area contributed by atoms with Gasteiger partial charge in [0.25, 0.3) is 5.91 Å². The molecule has 2 aromatic carbocycles. The number of nitrogens with one attached hydrogen (secondary N) is 1. The van der Waals surface area contributed by atoms with Crippen molar-refractivity contribution in [2.24, 2.45) is 7.05 Å². The molecule has 0 radical (unpaired) electrons. The number of carbonyl (C=O) groups is 1. The van der Waals surface area contributed by atoms with E-state index in [1.165, 1.54) is 0 Å². The van der Waals surface area contributed by atoms with Gasteiger partial charge < -0.3 is 20.1 Å². The molecule has 0 aliphatic heterocycles. The zero-order valence-corrected chi connectivity index (χ0v) is 16.1. The number of aliphatic hydroxyl groups is 1. The molecule has 6 heteroatoms. The zero-order valence-electron chi connectivity index (χ0n) is 16.1. The van der Waals surface area contributed by atoms with Crippen LogP contribution in [-0.4, -0.2) is 32.7 Å². The lowest BCUT2D eigenvalue weighted by Gasteiger charge is -2.16. The number of fused-ring (bicyclic) bond motifs is 1. The molecular formula is C21H25N3O3. The number of phenols is 1. The first-order chi connectivity index (χ1) is 12.8. The molecule has 1 aromatic heterocycles. The highest BCUT2D eigenvalue weighted by atomic mass is 16.3. The molecule has 3 aromatic rings. The Kier molecular flexibility index (Phi) is 5.19. The van der Waals surface area contributed by atoms with Gasteiger partial charge in [-0.3, -0.25) is 4.79 Å². The summed E-state index contributed by atoms with van der Waals surface area (Å²) in [6.07, 6.45) is 0.0688.